The second-order valence-corrected chi connectivity index (χ2v) is 6.24. The molecule has 0 unspecified atom stereocenters. The minimum absolute atomic E-state index is 0.00136. The van der Waals surface area contributed by atoms with Crippen LogP contribution in [0.5, 0.6) is 0 Å². The summed E-state index contributed by atoms with van der Waals surface area (Å²) in [4.78, 5) is 25.5. The van der Waals surface area contributed by atoms with Crippen LogP contribution in [0.15, 0.2) is 36.4 Å². The number of carbonyl (C=O) groups excluding carboxylic acids is 2. The molecule has 2 N–H and O–H groups in total. The molecule has 0 bridgehead atoms. The fraction of sp³-hybridized carbons (Fsp3) is 0.263. The summed E-state index contributed by atoms with van der Waals surface area (Å²) in [6.07, 6.45) is 0.756. The molecular weight excluding hydrogens is 340 g/mol. The van der Waals surface area contributed by atoms with Crippen LogP contribution >= 0.6 is 0 Å². The molecule has 0 aromatic heterocycles. The molecule has 0 saturated carbocycles. The van der Waals surface area contributed by atoms with Crippen molar-refractivity contribution in [2.75, 3.05) is 22.1 Å². The van der Waals surface area contributed by atoms with Crippen molar-refractivity contribution in [1.29, 1.82) is 0 Å². The number of amides is 2. The Morgan fingerprint density at radius 3 is 2.62 bits per heavy atom. The smallest absolute Gasteiger partial charge is 0.246 e. The van der Waals surface area contributed by atoms with Gasteiger partial charge in [0.1, 0.15) is 17.7 Å². The van der Waals surface area contributed by atoms with E-state index in [2.05, 4.69) is 10.6 Å². The van der Waals surface area contributed by atoms with Gasteiger partial charge in [-0.05, 0) is 49.2 Å². The van der Waals surface area contributed by atoms with Gasteiger partial charge in [0.05, 0.1) is 5.69 Å². The van der Waals surface area contributed by atoms with Crippen LogP contribution in [0.2, 0.25) is 0 Å². The molecule has 136 valence electrons. The summed E-state index contributed by atoms with van der Waals surface area (Å²) >= 11 is 0. The summed E-state index contributed by atoms with van der Waals surface area (Å²) in [5.41, 5.74) is 2.57. The van der Waals surface area contributed by atoms with Gasteiger partial charge in [-0.25, -0.2) is 8.78 Å². The van der Waals surface area contributed by atoms with Gasteiger partial charge in [0.25, 0.3) is 0 Å². The fourth-order valence-corrected chi connectivity index (χ4v) is 2.97. The Kier molecular flexibility index (Phi) is 4.88. The maximum atomic E-state index is 13.6. The van der Waals surface area contributed by atoms with E-state index in [0.717, 1.165) is 35.5 Å². The number of hydrogen-bond acceptors (Lipinski definition) is 3. The molecule has 26 heavy (non-hydrogen) atoms. The minimum Gasteiger partial charge on any atom is -0.374 e. The van der Waals surface area contributed by atoms with Crippen molar-refractivity contribution in [3.63, 3.8) is 0 Å². The van der Waals surface area contributed by atoms with Crippen LogP contribution in [-0.4, -0.2) is 24.4 Å². The van der Waals surface area contributed by atoms with E-state index in [1.807, 2.05) is 12.1 Å². The number of nitrogens with one attached hydrogen (secondary N) is 2. The number of carbonyl (C=O) groups is 2. The largest absolute Gasteiger partial charge is 0.374 e. The van der Waals surface area contributed by atoms with Crippen molar-refractivity contribution in [3.8, 4) is 0 Å². The normalized spacial score (nSPS) is 13.9. The molecule has 0 fully saturated rings. The molecule has 5 nitrogen and oxygen atoms in total. The summed E-state index contributed by atoms with van der Waals surface area (Å²) in [5, 5.41) is 5.49. The lowest BCUT2D eigenvalue weighted by Gasteiger charge is -2.18. The van der Waals surface area contributed by atoms with Crippen LogP contribution in [0, 0.1) is 11.6 Å². The third-order valence-electron chi connectivity index (χ3n) is 4.32. The molecule has 1 aliphatic rings. The number of anilines is 3. The number of halogens is 2. The Bertz CT molecular complexity index is 870. The van der Waals surface area contributed by atoms with E-state index in [-0.39, 0.29) is 11.6 Å². The Balaban J connectivity index is 1.67. The molecule has 0 spiro atoms. The zero-order valence-corrected chi connectivity index (χ0v) is 14.5. The van der Waals surface area contributed by atoms with E-state index in [0.29, 0.717) is 6.54 Å². The predicted molar refractivity (Wildman–Crippen MR) is 96.2 cm³/mol. The second-order valence-electron chi connectivity index (χ2n) is 6.24. The zero-order chi connectivity index (χ0) is 18.8. The van der Waals surface area contributed by atoms with E-state index in [4.69, 9.17) is 0 Å². The van der Waals surface area contributed by atoms with E-state index >= 15 is 0 Å². The van der Waals surface area contributed by atoms with Crippen LogP contribution in [0.25, 0.3) is 0 Å². The lowest BCUT2D eigenvalue weighted by molar-refractivity contribution is -0.117. The maximum absolute atomic E-state index is 13.6. The lowest BCUT2D eigenvalue weighted by Crippen LogP contribution is -2.32. The third-order valence-corrected chi connectivity index (χ3v) is 4.32. The van der Waals surface area contributed by atoms with Gasteiger partial charge in [-0.15, -0.1) is 0 Å². The summed E-state index contributed by atoms with van der Waals surface area (Å²) < 4.78 is 26.6. The highest BCUT2D eigenvalue weighted by Crippen LogP contribution is 2.30. The first-order chi connectivity index (χ1) is 12.3. The van der Waals surface area contributed by atoms with Crippen LogP contribution < -0.4 is 15.5 Å². The zero-order valence-electron chi connectivity index (χ0n) is 14.5. The van der Waals surface area contributed by atoms with Crippen LogP contribution in [-0.2, 0) is 16.0 Å². The lowest BCUT2D eigenvalue weighted by atomic mass is 10.1. The van der Waals surface area contributed by atoms with Gasteiger partial charge in [0.15, 0.2) is 0 Å². The number of rotatable bonds is 4. The standard InChI is InChI=1S/C19H19F2N3O2/c1-11(19(26)23-17-5-3-14(20)10-16(17)21)22-15-4-6-18-13(9-15)7-8-24(18)12(2)25/h3-6,9-11,22H,7-8H2,1-2H3,(H,23,26)/t11-/m1/s1. The highest BCUT2D eigenvalue weighted by molar-refractivity contribution is 5.97. The van der Waals surface area contributed by atoms with Crippen LogP contribution in [0.4, 0.5) is 25.8 Å². The van der Waals surface area contributed by atoms with Crippen LogP contribution in [0.1, 0.15) is 19.4 Å². The van der Waals surface area contributed by atoms with E-state index in [9.17, 15) is 18.4 Å². The number of fused-ring (bicyclic) bond motifs is 1. The number of nitrogens with zero attached hydrogens (tertiary/aromatic N) is 1. The molecule has 3 rings (SSSR count). The topological polar surface area (TPSA) is 61.4 Å². The first kappa shape index (κ1) is 17.8. The van der Waals surface area contributed by atoms with Gasteiger partial charge >= 0.3 is 0 Å². The number of hydrogen-bond donors (Lipinski definition) is 2. The van der Waals surface area contributed by atoms with E-state index < -0.39 is 23.6 Å². The minimum atomic E-state index is -0.826. The first-order valence-corrected chi connectivity index (χ1v) is 8.28. The monoisotopic (exact) mass is 359 g/mol. The quantitative estimate of drug-likeness (QED) is 0.880. The summed E-state index contributed by atoms with van der Waals surface area (Å²) in [6.45, 7) is 3.82. The second kappa shape index (κ2) is 7.11. The van der Waals surface area contributed by atoms with Gasteiger partial charge in [-0.2, -0.15) is 0 Å². The summed E-state index contributed by atoms with van der Waals surface area (Å²) in [6, 6.07) is 7.88. The van der Waals surface area contributed by atoms with Crippen molar-refractivity contribution in [2.24, 2.45) is 0 Å². The summed E-state index contributed by atoms with van der Waals surface area (Å²) in [5.74, 6) is -1.98. The van der Waals surface area contributed by atoms with Crippen LogP contribution in [0.3, 0.4) is 0 Å². The Labute approximate surface area is 150 Å². The number of benzene rings is 2. The molecule has 2 aromatic carbocycles. The first-order valence-electron chi connectivity index (χ1n) is 8.28. The average Bonchev–Trinajstić information content (AvgIpc) is 3.00. The van der Waals surface area contributed by atoms with Gasteiger partial charge in [0, 0.05) is 30.9 Å². The summed E-state index contributed by atoms with van der Waals surface area (Å²) in [7, 11) is 0. The SMILES string of the molecule is CC(=O)N1CCc2cc(N[C@H](C)C(=O)Nc3ccc(F)cc3F)ccc21. The molecule has 1 atom stereocenters. The average molecular weight is 359 g/mol. The van der Waals surface area contributed by atoms with E-state index in [1.54, 1.807) is 17.9 Å². The molecular formula is C19H19F2N3O2. The molecule has 7 heteroatoms. The fourth-order valence-electron chi connectivity index (χ4n) is 2.97. The molecule has 1 heterocycles. The third kappa shape index (κ3) is 3.66. The van der Waals surface area contributed by atoms with Gasteiger partial charge < -0.3 is 15.5 Å². The van der Waals surface area contributed by atoms with Crippen molar-refractivity contribution in [1.82, 2.24) is 0 Å². The van der Waals surface area contributed by atoms with Crippen molar-refractivity contribution < 1.29 is 18.4 Å². The van der Waals surface area contributed by atoms with Gasteiger partial charge in [-0.1, -0.05) is 0 Å². The Hall–Kier alpha value is -2.96. The van der Waals surface area contributed by atoms with Crippen molar-refractivity contribution >= 4 is 28.9 Å². The van der Waals surface area contributed by atoms with Crippen molar-refractivity contribution in [2.45, 2.75) is 26.3 Å². The highest BCUT2D eigenvalue weighted by atomic mass is 19.1. The highest BCUT2D eigenvalue weighted by Gasteiger charge is 2.23. The van der Waals surface area contributed by atoms with Gasteiger partial charge in [0.2, 0.25) is 11.8 Å². The molecule has 2 aromatic rings. The maximum Gasteiger partial charge on any atom is 0.246 e. The molecule has 1 aliphatic heterocycles. The predicted octanol–water partition coefficient (Wildman–Crippen LogP) is 3.31. The molecule has 0 radical (unpaired) electrons. The Morgan fingerprint density at radius 2 is 1.92 bits per heavy atom. The molecule has 2 amide bonds. The van der Waals surface area contributed by atoms with E-state index in [1.165, 1.54) is 13.0 Å². The van der Waals surface area contributed by atoms with Crippen molar-refractivity contribution in [3.05, 3.63) is 53.6 Å². The Morgan fingerprint density at radius 1 is 1.15 bits per heavy atom. The molecule has 0 saturated heterocycles. The van der Waals surface area contributed by atoms with Gasteiger partial charge in [-0.3, -0.25) is 9.59 Å². The molecule has 0 aliphatic carbocycles.